The lowest BCUT2D eigenvalue weighted by atomic mass is 15.8. The first-order valence-electron chi connectivity index (χ1n) is 0.752. The second kappa shape index (κ2) is 2.90. The van der Waals surface area contributed by atoms with Crippen LogP contribution in [0.1, 0.15) is 0 Å². The summed E-state index contributed by atoms with van der Waals surface area (Å²) >= 11 is 0. The van der Waals surface area contributed by atoms with E-state index in [0.717, 1.165) is 0 Å². The van der Waals surface area contributed by atoms with Crippen LogP contribution in [-0.2, 0) is 4.57 Å². The van der Waals surface area contributed by atoms with E-state index in [1.807, 2.05) is 0 Å². The summed E-state index contributed by atoms with van der Waals surface area (Å²) < 4.78 is 19.0. The Morgan fingerprint density at radius 3 is 1.50 bits per heavy atom. The molecule has 0 aliphatic heterocycles. The maximum absolute atomic E-state index is 10.4. The molecule has 0 aliphatic carbocycles. The fraction of sp³-hybridized carbons (Fsp3) is 0. The maximum Gasteiger partial charge on any atom is 0.507 e. The topological polar surface area (TPSA) is 57.5 Å². The zero-order valence-electron chi connectivity index (χ0n) is 2.54. The summed E-state index contributed by atoms with van der Waals surface area (Å²) in [5.41, 5.74) is 0. The second-order valence-corrected chi connectivity index (χ2v) is 1.42. The minimum absolute atomic E-state index is 0. The fourth-order valence-electron chi connectivity index (χ4n) is 0. The third-order valence-corrected chi connectivity index (χ3v) is 0. The lowest BCUT2D eigenvalue weighted by molar-refractivity contribution is 0.322. The van der Waals surface area contributed by atoms with Crippen molar-refractivity contribution in [2.75, 3.05) is 0 Å². The fourth-order valence-corrected chi connectivity index (χ4v) is 0. The summed E-state index contributed by atoms with van der Waals surface area (Å²) in [4.78, 5) is 13.9. The van der Waals surface area contributed by atoms with Gasteiger partial charge >= 0.3 is 7.91 Å². The lowest BCUT2D eigenvalue weighted by Crippen LogP contribution is -1.56. The van der Waals surface area contributed by atoms with Crippen LogP contribution in [0.3, 0.4) is 0 Å². The zero-order chi connectivity index (χ0) is 4.50. The van der Waals surface area contributed by atoms with E-state index in [0.29, 0.717) is 0 Å². The van der Waals surface area contributed by atoms with Crippen molar-refractivity contribution < 1.29 is 18.5 Å². The van der Waals surface area contributed by atoms with E-state index in [1.165, 1.54) is 0 Å². The third kappa shape index (κ3) is 106. The van der Waals surface area contributed by atoms with Gasteiger partial charge in [-0.05, 0) is 0 Å². The molecule has 0 bridgehead atoms. The molecule has 0 aromatic carbocycles. The number of hydrogen-bond donors (Lipinski definition) is 2. The van der Waals surface area contributed by atoms with E-state index in [9.17, 15) is 4.20 Å². The van der Waals surface area contributed by atoms with Crippen molar-refractivity contribution in [1.82, 2.24) is 0 Å². The molecular formula is H3FIO3P. The molecule has 3 nitrogen and oxygen atoms in total. The molecule has 0 aromatic rings. The van der Waals surface area contributed by atoms with Gasteiger partial charge in [-0.3, -0.25) is 9.79 Å². The molecule has 0 spiro atoms. The number of halogens is 2. The molecule has 0 fully saturated rings. The van der Waals surface area contributed by atoms with Crippen LogP contribution in [0.4, 0.5) is 4.20 Å². The molecule has 0 unspecified atom stereocenters. The van der Waals surface area contributed by atoms with Crippen LogP contribution in [0.15, 0.2) is 0 Å². The van der Waals surface area contributed by atoms with Crippen LogP contribution >= 0.6 is 31.9 Å². The molecule has 0 radical (unpaired) electrons. The summed E-state index contributed by atoms with van der Waals surface area (Å²) in [5.74, 6) is 0. The van der Waals surface area contributed by atoms with Crippen molar-refractivity contribution >= 4 is 31.9 Å². The molecule has 0 heterocycles. The van der Waals surface area contributed by atoms with Gasteiger partial charge in [0.15, 0.2) is 0 Å². The smallest absolute Gasteiger partial charge is 0.299 e. The molecule has 0 saturated carbocycles. The Hall–Kier alpha value is 0.810. The highest BCUT2D eigenvalue weighted by Crippen LogP contribution is 2.34. The Morgan fingerprint density at radius 2 is 1.50 bits per heavy atom. The quantitative estimate of drug-likeness (QED) is 0.473. The van der Waals surface area contributed by atoms with E-state index in [4.69, 9.17) is 14.4 Å². The van der Waals surface area contributed by atoms with Crippen molar-refractivity contribution in [3.63, 3.8) is 0 Å². The zero-order valence-corrected chi connectivity index (χ0v) is 5.76. The molecule has 0 aromatic heterocycles. The minimum Gasteiger partial charge on any atom is -0.299 e. The van der Waals surface area contributed by atoms with Gasteiger partial charge in [-0.1, -0.05) is 0 Å². The largest absolute Gasteiger partial charge is 0.507 e. The van der Waals surface area contributed by atoms with Crippen LogP contribution in [0, 0.1) is 0 Å². The summed E-state index contributed by atoms with van der Waals surface area (Å²) in [6.45, 7) is 0. The molecular weight excluding hydrogens is 225 g/mol. The Morgan fingerprint density at radius 1 is 1.50 bits per heavy atom. The second-order valence-electron chi connectivity index (χ2n) is 0.473. The molecule has 0 saturated heterocycles. The normalized spacial score (nSPS) is 9.83. The van der Waals surface area contributed by atoms with Gasteiger partial charge in [-0.25, -0.2) is 4.57 Å². The molecule has 0 amide bonds. The Balaban J connectivity index is 0. The van der Waals surface area contributed by atoms with Gasteiger partial charge < -0.3 is 0 Å². The van der Waals surface area contributed by atoms with Gasteiger partial charge in [-0.2, -0.15) is 0 Å². The van der Waals surface area contributed by atoms with Crippen molar-refractivity contribution in [3.05, 3.63) is 0 Å². The van der Waals surface area contributed by atoms with Crippen molar-refractivity contribution in [1.29, 1.82) is 0 Å². The van der Waals surface area contributed by atoms with Gasteiger partial charge in [-0.15, -0.1) is 28.2 Å². The average Bonchev–Trinajstić information content (AvgIpc) is 0.722. The molecule has 2 N–H and O–H groups in total. The van der Waals surface area contributed by atoms with Crippen LogP contribution in [0.25, 0.3) is 0 Å². The van der Waals surface area contributed by atoms with Crippen molar-refractivity contribution in [3.8, 4) is 0 Å². The molecule has 6 heavy (non-hydrogen) atoms. The van der Waals surface area contributed by atoms with Gasteiger partial charge in [0.05, 0.1) is 0 Å². The van der Waals surface area contributed by atoms with E-state index >= 15 is 0 Å². The van der Waals surface area contributed by atoms with Crippen LogP contribution < -0.4 is 0 Å². The van der Waals surface area contributed by atoms with Crippen LogP contribution in [0.2, 0.25) is 0 Å². The highest BCUT2D eigenvalue weighted by Gasteiger charge is 2.04. The van der Waals surface area contributed by atoms with Crippen LogP contribution in [0.5, 0.6) is 0 Å². The van der Waals surface area contributed by atoms with E-state index < -0.39 is 7.91 Å². The maximum atomic E-state index is 10.4. The van der Waals surface area contributed by atoms with Crippen LogP contribution in [-0.4, -0.2) is 9.79 Å². The summed E-state index contributed by atoms with van der Waals surface area (Å²) in [6.07, 6.45) is 0. The van der Waals surface area contributed by atoms with E-state index in [1.54, 1.807) is 0 Å². The average molecular weight is 228 g/mol. The first kappa shape index (κ1) is 9.94. The van der Waals surface area contributed by atoms with Gasteiger partial charge in [0.2, 0.25) is 0 Å². The highest BCUT2D eigenvalue weighted by atomic mass is 127. The third-order valence-electron chi connectivity index (χ3n) is 0. The Labute approximate surface area is 50.9 Å². The first-order chi connectivity index (χ1) is 2.00. The predicted octanol–water partition coefficient (Wildman–Crippen LogP) is 0.667. The Kier molecular flexibility index (Phi) is 4.80. The highest BCUT2D eigenvalue weighted by molar-refractivity contribution is 14.0. The predicted molar refractivity (Wildman–Crippen MR) is 28.6 cm³/mol. The Bertz CT molecular complexity index is 56.9. The standard InChI is InChI=1S/FH2O3P.HI/c1-5(2,3)4;/h(H2,2,3,4);1H. The van der Waals surface area contributed by atoms with Crippen molar-refractivity contribution in [2.45, 2.75) is 0 Å². The lowest BCUT2D eigenvalue weighted by Gasteiger charge is -1.77. The number of rotatable bonds is 0. The summed E-state index contributed by atoms with van der Waals surface area (Å²) in [6, 6.07) is 0. The van der Waals surface area contributed by atoms with Gasteiger partial charge in [0.25, 0.3) is 0 Å². The SMILES string of the molecule is I.O=P(O)(O)F. The van der Waals surface area contributed by atoms with Crippen molar-refractivity contribution in [2.24, 2.45) is 0 Å². The molecule has 0 rings (SSSR count). The molecule has 0 aliphatic rings. The first-order valence-corrected chi connectivity index (χ1v) is 2.25. The van der Waals surface area contributed by atoms with E-state index in [-0.39, 0.29) is 24.0 Å². The number of hydrogen-bond acceptors (Lipinski definition) is 1. The minimum atomic E-state index is -5.14. The molecule has 40 valence electrons. The molecule has 0 atom stereocenters. The molecule has 6 heteroatoms. The van der Waals surface area contributed by atoms with E-state index in [2.05, 4.69) is 0 Å². The summed E-state index contributed by atoms with van der Waals surface area (Å²) in [7, 11) is -5.14. The van der Waals surface area contributed by atoms with Gasteiger partial charge in [0.1, 0.15) is 0 Å². The summed E-state index contributed by atoms with van der Waals surface area (Å²) in [5, 5.41) is 0. The monoisotopic (exact) mass is 228 g/mol. The van der Waals surface area contributed by atoms with Gasteiger partial charge in [0, 0.05) is 0 Å².